The zero-order chi connectivity index (χ0) is 33.8. The minimum atomic E-state index is -2.89. The van der Waals surface area contributed by atoms with E-state index in [1.807, 2.05) is 68.7 Å². The van der Waals surface area contributed by atoms with Crippen molar-refractivity contribution in [3.63, 3.8) is 0 Å². The molecule has 0 unspecified atom stereocenters. The zero-order valence-corrected chi connectivity index (χ0v) is 28.8. The van der Waals surface area contributed by atoms with Crippen molar-refractivity contribution in [2.45, 2.75) is 88.9 Å². The summed E-state index contributed by atoms with van der Waals surface area (Å²) < 4.78 is 8.75. The number of fused-ring (bicyclic) bond motifs is 2. The number of aliphatic hydroxyl groups excluding tert-OH is 1. The molecular formula is C35H44N6O6Si. The van der Waals surface area contributed by atoms with Crippen molar-refractivity contribution in [2.75, 3.05) is 34.4 Å². The summed E-state index contributed by atoms with van der Waals surface area (Å²) in [6.07, 6.45) is 4.94. The van der Waals surface area contributed by atoms with Gasteiger partial charge in [0, 0.05) is 80.1 Å². The van der Waals surface area contributed by atoms with Gasteiger partial charge in [-0.05, 0) is 68.3 Å². The third-order valence-corrected chi connectivity index (χ3v) is 13.1. The Balaban J connectivity index is 1.26. The Morgan fingerprint density at radius 3 is 2.35 bits per heavy atom. The van der Waals surface area contributed by atoms with Crippen LogP contribution in [0.15, 0.2) is 48.7 Å². The van der Waals surface area contributed by atoms with E-state index in [9.17, 15) is 24.3 Å². The average Bonchev–Trinajstić information content (AvgIpc) is 3.87. The van der Waals surface area contributed by atoms with Crippen LogP contribution in [0.4, 0.5) is 17.1 Å². The molecule has 1 spiro atoms. The van der Waals surface area contributed by atoms with Gasteiger partial charge in [0.05, 0.1) is 24.0 Å². The summed E-state index contributed by atoms with van der Waals surface area (Å²) in [4.78, 5) is 57.4. The second kappa shape index (κ2) is 12.5. The van der Waals surface area contributed by atoms with Crippen molar-refractivity contribution in [2.24, 2.45) is 5.92 Å². The number of carbonyl (C=O) groups is 3. The van der Waals surface area contributed by atoms with E-state index in [0.717, 1.165) is 41.0 Å². The summed E-state index contributed by atoms with van der Waals surface area (Å²) in [6.45, 7) is 7.87. The number of amides is 3. The first-order chi connectivity index (χ1) is 23.0. The summed E-state index contributed by atoms with van der Waals surface area (Å²) >= 11 is 0. The van der Waals surface area contributed by atoms with Gasteiger partial charge in [-0.15, -0.1) is 5.10 Å². The molecule has 13 heteroatoms. The number of aryl methyl sites for hydroxylation is 1. The van der Waals surface area contributed by atoms with E-state index in [-0.39, 0.29) is 42.3 Å². The van der Waals surface area contributed by atoms with E-state index in [1.165, 1.54) is 0 Å². The van der Waals surface area contributed by atoms with Crippen LogP contribution in [0.3, 0.4) is 0 Å². The third-order valence-electron chi connectivity index (χ3n) is 10.6. The molecule has 254 valence electrons. The maximum atomic E-state index is 15.0. The first-order valence-electron chi connectivity index (χ1n) is 17.1. The van der Waals surface area contributed by atoms with Gasteiger partial charge in [-0.25, -0.2) is 0 Å². The first-order valence-corrected chi connectivity index (χ1v) is 20.1. The minimum Gasteiger partial charge on any atom is -0.432 e. The van der Waals surface area contributed by atoms with Gasteiger partial charge in [-0.2, -0.15) is 0 Å². The molecule has 2 aromatic carbocycles. The number of hydrogen-bond donors (Lipinski definition) is 2. The van der Waals surface area contributed by atoms with Crippen molar-refractivity contribution in [1.29, 1.82) is 0 Å². The SMILES string of the molecule is C[C@@H]1[C@@H]([Si](C)(C)O)[C@H](CCn2cc(CCO)nn2)O[C@@]12C(=O)N(Cc1cccc(N3CCCC3=O)c1)c1ccc(N3CCCC3=O)cc12. The fraction of sp³-hybridized carbons (Fsp3) is 0.514. The number of aliphatic hydroxyl groups is 1. The molecule has 0 aliphatic carbocycles. The van der Waals surface area contributed by atoms with E-state index < -0.39 is 20.0 Å². The minimum absolute atomic E-state index is 0.0133. The molecule has 4 atom stereocenters. The Kier molecular flexibility index (Phi) is 8.51. The van der Waals surface area contributed by atoms with Crippen molar-refractivity contribution in [3.05, 3.63) is 65.5 Å². The molecule has 0 radical (unpaired) electrons. The normalized spacial score (nSPS) is 25.7. The molecule has 12 nitrogen and oxygen atoms in total. The van der Waals surface area contributed by atoms with Crippen LogP contribution in [0.5, 0.6) is 0 Å². The lowest BCUT2D eigenvalue weighted by molar-refractivity contribution is -0.146. The predicted octanol–water partition coefficient (Wildman–Crippen LogP) is 3.50. The largest absolute Gasteiger partial charge is 0.432 e. The lowest BCUT2D eigenvalue weighted by atomic mass is 9.82. The predicted molar refractivity (Wildman–Crippen MR) is 182 cm³/mol. The van der Waals surface area contributed by atoms with Crippen LogP contribution in [0.25, 0.3) is 0 Å². The van der Waals surface area contributed by atoms with Gasteiger partial charge in [0.2, 0.25) is 11.8 Å². The number of anilines is 3. The third kappa shape index (κ3) is 5.56. The van der Waals surface area contributed by atoms with Gasteiger partial charge in [0.1, 0.15) is 0 Å². The van der Waals surface area contributed by atoms with Crippen molar-refractivity contribution < 1.29 is 29.0 Å². The maximum absolute atomic E-state index is 15.0. The van der Waals surface area contributed by atoms with Crippen molar-refractivity contribution in [1.82, 2.24) is 15.0 Å². The Hall–Kier alpha value is -3.91. The molecule has 3 aromatic rings. The second-order valence-electron chi connectivity index (χ2n) is 14.2. The number of carbonyl (C=O) groups excluding carboxylic acids is 3. The van der Waals surface area contributed by atoms with Gasteiger partial charge >= 0.3 is 0 Å². The lowest BCUT2D eigenvalue weighted by Crippen LogP contribution is -2.46. The number of aromatic nitrogens is 3. The average molecular weight is 673 g/mol. The quantitative estimate of drug-likeness (QED) is 0.312. The molecule has 3 amide bonds. The smallest absolute Gasteiger partial charge is 0.264 e. The molecular weight excluding hydrogens is 629 g/mol. The number of nitrogens with zero attached hydrogens (tertiary/aromatic N) is 6. The van der Waals surface area contributed by atoms with Crippen molar-refractivity contribution >= 4 is 43.1 Å². The van der Waals surface area contributed by atoms with Gasteiger partial charge in [0.15, 0.2) is 13.9 Å². The monoisotopic (exact) mass is 672 g/mol. The van der Waals surface area contributed by atoms with E-state index in [0.29, 0.717) is 51.0 Å². The van der Waals surface area contributed by atoms with E-state index in [1.54, 1.807) is 19.4 Å². The Morgan fingerprint density at radius 2 is 1.71 bits per heavy atom. The molecule has 48 heavy (non-hydrogen) atoms. The molecule has 0 saturated carbocycles. The Labute approximate surface area is 281 Å². The fourth-order valence-corrected chi connectivity index (χ4v) is 11.0. The van der Waals surface area contributed by atoms with Gasteiger partial charge in [0.25, 0.3) is 5.91 Å². The van der Waals surface area contributed by atoms with Crippen LogP contribution >= 0.6 is 0 Å². The number of hydrogen-bond acceptors (Lipinski definition) is 8. The van der Waals surface area contributed by atoms with Gasteiger partial charge in [-0.1, -0.05) is 24.3 Å². The fourth-order valence-electron chi connectivity index (χ4n) is 8.44. The molecule has 7 rings (SSSR count). The number of rotatable bonds is 10. The topological polar surface area (TPSA) is 141 Å². The molecule has 2 N–H and O–H groups in total. The summed E-state index contributed by atoms with van der Waals surface area (Å²) in [5.41, 5.74) is 2.98. The molecule has 5 heterocycles. The molecule has 3 fully saturated rings. The van der Waals surface area contributed by atoms with Crippen molar-refractivity contribution in [3.8, 4) is 0 Å². The van der Waals surface area contributed by atoms with Crippen LogP contribution in [0.1, 0.15) is 55.8 Å². The number of ether oxygens (including phenoxy) is 1. The highest BCUT2D eigenvalue weighted by Crippen LogP contribution is 2.60. The van der Waals surface area contributed by atoms with Gasteiger partial charge in [-0.3, -0.25) is 19.1 Å². The van der Waals surface area contributed by atoms with Crippen LogP contribution in [0.2, 0.25) is 18.6 Å². The van der Waals surface area contributed by atoms with Crippen LogP contribution in [-0.2, 0) is 44.2 Å². The van der Waals surface area contributed by atoms with E-state index in [4.69, 9.17) is 4.74 Å². The zero-order valence-electron chi connectivity index (χ0n) is 27.8. The summed E-state index contributed by atoms with van der Waals surface area (Å²) in [7, 11) is -2.89. The van der Waals surface area contributed by atoms with E-state index >= 15 is 0 Å². The Morgan fingerprint density at radius 1 is 1.00 bits per heavy atom. The highest BCUT2D eigenvalue weighted by atomic mass is 28.4. The summed E-state index contributed by atoms with van der Waals surface area (Å²) in [5, 5.41) is 17.7. The molecule has 4 aliphatic rings. The molecule has 3 saturated heterocycles. The molecule has 4 aliphatic heterocycles. The standard InChI is InChI=1S/C35H44N6O6Si/c1-23-33(48(2,3)46)30(13-17-38-22-25(14-18-42)36-37-38)47-35(23)28-20-27(40-16-6-10-32(40)44)11-12-29(28)41(34(35)45)21-24-7-4-8-26(19-24)39-15-5-9-31(39)43/h4,7-8,11-12,19-20,22-23,30,33,42,46H,5-6,9-10,13-18,21H2,1-3H3/t23-,30+,33-,35+/m1/s1. The number of benzene rings is 2. The molecule has 0 bridgehead atoms. The summed E-state index contributed by atoms with van der Waals surface area (Å²) in [6, 6.07) is 13.6. The van der Waals surface area contributed by atoms with E-state index in [2.05, 4.69) is 10.3 Å². The Bertz CT molecular complexity index is 1740. The molecule has 1 aromatic heterocycles. The second-order valence-corrected chi connectivity index (χ2v) is 18.1. The first kappa shape index (κ1) is 32.6. The summed E-state index contributed by atoms with van der Waals surface area (Å²) in [5.74, 6) is -0.375. The van der Waals surface area contributed by atoms with Gasteiger partial charge < -0.3 is 29.3 Å². The highest BCUT2D eigenvalue weighted by molar-refractivity contribution is 6.71. The maximum Gasteiger partial charge on any atom is 0.264 e. The lowest BCUT2D eigenvalue weighted by Gasteiger charge is -2.32. The van der Waals surface area contributed by atoms with Crippen LogP contribution in [-0.4, -0.2) is 76.7 Å². The van der Waals surface area contributed by atoms with Crippen LogP contribution in [0, 0.1) is 5.92 Å². The highest BCUT2D eigenvalue weighted by Gasteiger charge is 2.66. The van der Waals surface area contributed by atoms with Crippen LogP contribution < -0.4 is 14.7 Å².